The Labute approximate surface area is 194 Å². The van der Waals surface area contributed by atoms with E-state index in [0.29, 0.717) is 6.54 Å². The van der Waals surface area contributed by atoms with Crippen molar-refractivity contribution >= 4 is 22.5 Å². The van der Waals surface area contributed by atoms with E-state index in [1.165, 1.54) is 11.1 Å². The minimum Gasteiger partial charge on any atom is -0.368 e. The molecule has 0 aromatic carbocycles. The molecule has 4 heterocycles. The number of nitrogens with zero attached hydrogens (tertiary/aromatic N) is 5. The lowest BCUT2D eigenvalue weighted by Gasteiger charge is -2.19. The van der Waals surface area contributed by atoms with Gasteiger partial charge in [0.2, 0.25) is 0 Å². The number of hydrogen-bond acceptors (Lipinski definition) is 6. The van der Waals surface area contributed by atoms with Crippen LogP contribution in [0, 0.1) is 25.2 Å². The van der Waals surface area contributed by atoms with Gasteiger partial charge in [-0.25, -0.2) is 14.5 Å². The Balaban J connectivity index is 1.72. The molecule has 8 heteroatoms. The maximum absolute atomic E-state index is 8.76. The molecule has 0 saturated carbocycles. The van der Waals surface area contributed by atoms with Crippen molar-refractivity contribution in [1.82, 2.24) is 29.9 Å². The van der Waals surface area contributed by atoms with E-state index in [2.05, 4.69) is 85.6 Å². The van der Waals surface area contributed by atoms with Gasteiger partial charge in [-0.15, -0.1) is 0 Å². The van der Waals surface area contributed by atoms with Gasteiger partial charge < -0.3 is 15.6 Å². The predicted molar refractivity (Wildman–Crippen MR) is 132 cm³/mol. The molecule has 4 aromatic heterocycles. The van der Waals surface area contributed by atoms with Crippen LogP contribution in [0.5, 0.6) is 0 Å². The van der Waals surface area contributed by atoms with Gasteiger partial charge in [0.1, 0.15) is 12.1 Å². The van der Waals surface area contributed by atoms with Gasteiger partial charge in [-0.1, -0.05) is 13.8 Å². The second-order valence-corrected chi connectivity index (χ2v) is 9.20. The summed E-state index contributed by atoms with van der Waals surface area (Å²) in [6, 6.07) is 6.72. The molecule has 0 aliphatic carbocycles. The number of aryl methyl sites for hydroxylation is 1. The molecule has 0 fully saturated rings. The van der Waals surface area contributed by atoms with Gasteiger partial charge in [0.15, 0.2) is 5.65 Å². The van der Waals surface area contributed by atoms with Crippen molar-refractivity contribution in [2.45, 2.75) is 66.0 Å². The lowest BCUT2D eigenvalue weighted by Crippen LogP contribution is -2.32. The van der Waals surface area contributed by atoms with Crippen LogP contribution >= 0.6 is 0 Å². The van der Waals surface area contributed by atoms with Crippen LogP contribution in [0.2, 0.25) is 0 Å². The second-order valence-electron chi connectivity index (χ2n) is 9.20. The molecular weight excluding hydrogens is 412 g/mol. The largest absolute Gasteiger partial charge is 0.368 e. The summed E-state index contributed by atoms with van der Waals surface area (Å²) >= 11 is 0. The molecule has 33 heavy (non-hydrogen) atoms. The molecule has 0 amide bonds. The van der Waals surface area contributed by atoms with Gasteiger partial charge in [-0.3, -0.25) is 0 Å². The molecule has 2 atom stereocenters. The zero-order valence-electron chi connectivity index (χ0n) is 20.2. The standard InChI is InChI=1S/C25H32N8/c1-14(2)22-23(19-12-33-25(28-13-29-33)18(6)17(19)5)31-20-7-8-21(32-24(20)22)30-16(4)11-15(3)27-10-9-26/h7-8,12-16,27,31H,10-11H2,1-6H3,(H,30,32)/t15-,16-/m0/s1. The fourth-order valence-electron chi connectivity index (χ4n) is 4.54. The molecule has 0 aliphatic rings. The van der Waals surface area contributed by atoms with Crippen molar-refractivity contribution < 1.29 is 0 Å². The zero-order valence-corrected chi connectivity index (χ0v) is 20.2. The number of rotatable bonds is 8. The summed E-state index contributed by atoms with van der Waals surface area (Å²) in [5.74, 6) is 1.14. The van der Waals surface area contributed by atoms with Gasteiger partial charge in [-0.2, -0.15) is 10.4 Å². The molecule has 8 nitrogen and oxygen atoms in total. The van der Waals surface area contributed by atoms with E-state index in [9.17, 15) is 0 Å². The van der Waals surface area contributed by atoms with Crippen molar-refractivity contribution in [2.24, 2.45) is 0 Å². The third kappa shape index (κ3) is 4.41. The third-order valence-electron chi connectivity index (χ3n) is 6.28. The van der Waals surface area contributed by atoms with Gasteiger partial charge in [0, 0.05) is 29.4 Å². The summed E-state index contributed by atoms with van der Waals surface area (Å²) in [7, 11) is 0. The Kier molecular flexibility index (Phi) is 6.34. The highest BCUT2D eigenvalue weighted by Crippen LogP contribution is 2.37. The summed E-state index contributed by atoms with van der Waals surface area (Å²) in [6.45, 7) is 13.2. The summed E-state index contributed by atoms with van der Waals surface area (Å²) in [5, 5.41) is 19.9. The Morgan fingerprint density at radius 2 is 1.91 bits per heavy atom. The summed E-state index contributed by atoms with van der Waals surface area (Å²) in [5.41, 5.74) is 8.62. The quantitative estimate of drug-likeness (QED) is 0.340. The smallest absolute Gasteiger partial charge is 0.158 e. The summed E-state index contributed by atoms with van der Waals surface area (Å²) in [6.07, 6.45) is 4.54. The highest BCUT2D eigenvalue weighted by Gasteiger charge is 2.21. The number of aromatic nitrogens is 5. The van der Waals surface area contributed by atoms with Crippen molar-refractivity contribution in [2.75, 3.05) is 11.9 Å². The fraction of sp³-hybridized carbons (Fsp3) is 0.440. The molecule has 3 N–H and O–H groups in total. The van der Waals surface area contributed by atoms with Gasteiger partial charge >= 0.3 is 0 Å². The number of hydrogen-bond donors (Lipinski definition) is 3. The first kappa shape index (κ1) is 22.7. The van der Waals surface area contributed by atoms with Crippen LogP contribution in [0.25, 0.3) is 27.9 Å². The number of H-pyrrole nitrogens is 1. The monoisotopic (exact) mass is 444 g/mol. The highest BCUT2D eigenvalue weighted by atomic mass is 15.3. The lowest BCUT2D eigenvalue weighted by atomic mass is 9.95. The predicted octanol–water partition coefficient (Wildman–Crippen LogP) is 4.71. The van der Waals surface area contributed by atoms with Crippen LogP contribution in [0.15, 0.2) is 24.7 Å². The normalized spacial score (nSPS) is 13.5. The van der Waals surface area contributed by atoms with Crippen molar-refractivity contribution in [3.63, 3.8) is 0 Å². The molecule has 0 bridgehead atoms. The molecule has 0 radical (unpaired) electrons. The summed E-state index contributed by atoms with van der Waals surface area (Å²) < 4.78 is 1.84. The molecule has 0 saturated heterocycles. The van der Waals surface area contributed by atoms with E-state index in [1.54, 1.807) is 6.33 Å². The number of anilines is 1. The van der Waals surface area contributed by atoms with Crippen molar-refractivity contribution in [3.8, 4) is 17.3 Å². The maximum atomic E-state index is 8.76. The molecule has 0 spiro atoms. The average molecular weight is 445 g/mol. The van der Waals surface area contributed by atoms with Gasteiger partial charge in [0.05, 0.1) is 29.3 Å². The minimum atomic E-state index is 0.219. The van der Waals surface area contributed by atoms with E-state index in [4.69, 9.17) is 10.2 Å². The van der Waals surface area contributed by atoms with E-state index >= 15 is 0 Å². The van der Waals surface area contributed by atoms with Crippen LogP contribution in [0.3, 0.4) is 0 Å². The minimum absolute atomic E-state index is 0.219. The first-order valence-electron chi connectivity index (χ1n) is 11.5. The Morgan fingerprint density at radius 3 is 2.64 bits per heavy atom. The Morgan fingerprint density at radius 1 is 1.12 bits per heavy atom. The molecular formula is C25H32N8. The molecule has 0 aliphatic heterocycles. The zero-order chi connectivity index (χ0) is 23.7. The first-order chi connectivity index (χ1) is 15.8. The first-order valence-corrected chi connectivity index (χ1v) is 11.5. The Hall–Kier alpha value is -3.44. The summed E-state index contributed by atoms with van der Waals surface area (Å²) in [4.78, 5) is 13.0. The molecule has 4 rings (SSSR count). The van der Waals surface area contributed by atoms with Crippen LogP contribution in [0.1, 0.15) is 56.7 Å². The maximum Gasteiger partial charge on any atom is 0.158 e. The number of pyridine rings is 2. The van der Waals surface area contributed by atoms with Gasteiger partial charge in [0.25, 0.3) is 0 Å². The van der Waals surface area contributed by atoms with E-state index in [0.717, 1.165) is 45.7 Å². The van der Waals surface area contributed by atoms with Crippen LogP contribution in [-0.2, 0) is 0 Å². The average Bonchev–Trinajstić information content (AvgIpc) is 3.38. The number of nitrogens with one attached hydrogen (secondary N) is 3. The van der Waals surface area contributed by atoms with E-state index in [1.807, 2.05) is 10.6 Å². The molecule has 0 unspecified atom stereocenters. The van der Waals surface area contributed by atoms with Crippen LogP contribution < -0.4 is 10.6 Å². The third-order valence-corrected chi connectivity index (χ3v) is 6.28. The van der Waals surface area contributed by atoms with Crippen molar-refractivity contribution in [3.05, 3.63) is 41.3 Å². The Bertz CT molecular complexity index is 1320. The topological polar surface area (TPSA) is 107 Å². The van der Waals surface area contributed by atoms with Crippen molar-refractivity contribution in [1.29, 1.82) is 5.26 Å². The molecule has 172 valence electrons. The SMILES string of the molecule is Cc1c(-c2[nH]c3ccc(N[C@@H](C)C[C@H](C)NCC#N)nc3c2C(C)C)cn2ncnc2c1C. The van der Waals surface area contributed by atoms with Crippen LogP contribution in [-0.4, -0.2) is 43.2 Å². The fourth-order valence-corrected chi connectivity index (χ4v) is 4.54. The van der Waals surface area contributed by atoms with E-state index < -0.39 is 0 Å². The molecule has 4 aromatic rings. The second kappa shape index (κ2) is 9.20. The van der Waals surface area contributed by atoms with Crippen LogP contribution in [0.4, 0.5) is 5.82 Å². The number of nitriles is 1. The lowest BCUT2D eigenvalue weighted by molar-refractivity contribution is 0.513. The number of aromatic amines is 1. The van der Waals surface area contributed by atoms with E-state index in [-0.39, 0.29) is 18.0 Å². The number of fused-ring (bicyclic) bond motifs is 2. The van der Waals surface area contributed by atoms with Gasteiger partial charge in [-0.05, 0) is 63.3 Å². The highest BCUT2D eigenvalue weighted by molar-refractivity contribution is 5.90.